The van der Waals surface area contributed by atoms with Gasteiger partial charge in [0.05, 0.1) is 12.1 Å². The maximum absolute atomic E-state index is 13.2. The van der Waals surface area contributed by atoms with Gasteiger partial charge in [-0.25, -0.2) is 4.39 Å². The van der Waals surface area contributed by atoms with E-state index in [4.69, 9.17) is 0 Å². The lowest BCUT2D eigenvalue weighted by molar-refractivity contribution is -0.137. The molecule has 0 atom stereocenters. The van der Waals surface area contributed by atoms with Crippen molar-refractivity contribution in [2.75, 3.05) is 22.5 Å². The number of halogens is 4. The molecule has 0 spiro atoms. The molecule has 26 heavy (non-hydrogen) atoms. The number of carbonyl (C=O) groups excluding carboxylic acids is 2. The highest BCUT2D eigenvalue weighted by Gasteiger charge is 2.34. The monoisotopic (exact) mass is 369 g/mol. The van der Waals surface area contributed by atoms with Crippen LogP contribution in [-0.2, 0) is 15.8 Å². The van der Waals surface area contributed by atoms with Crippen LogP contribution in [0.1, 0.15) is 12.5 Å². The summed E-state index contributed by atoms with van der Waals surface area (Å²) >= 11 is 0. The van der Waals surface area contributed by atoms with Crippen LogP contribution in [0.3, 0.4) is 0 Å². The van der Waals surface area contributed by atoms with Crippen LogP contribution >= 0.6 is 0 Å². The van der Waals surface area contributed by atoms with Gasteiger partial charge in [-0.15, -0.1) is 0 Å². The van der Waals surface area contributed by atoms with Gasteiger partial charge in [-0.05, 0) is 36.4 Å². The second-order valence-corrected chi connectivity index (χ2v) is 5.35. The maximum Gasteiger partial charge on any atom is 0.418 e. The predicted molar refractivity (Wildman–Crippen MR) is 89.3 cm³/mol. The average Bonchev–Trinajstić information content (AvgIpc) is 2.52. The van der Waals surface area contributed by atoms with Gasteiger partial charge in [0.25, 0.3) is 0 Å². The summed E-state index contributed by atoms with van der Waals surface area (Å²) in [5.74, 6) is -1.70. The van der Waals surface area contributed by atoms with E-state index in [1.165, 1.54) is 31.2 Å². The normalized spacial score (nSPS) is 11.0. The first kappa shape index (κ1) is 19.2. The van der Waals surface area contributed by atoms with Crippen LogP contribution in [-0.4, -0.2) is 18.4 Å². The van der Waals surface area contributed by atoms with Crippen molar-refractivity contribution in [2.45, 2.75) is 13.1 Å². The molecule has 2 amide bonds. The van der Waals surface area contributed by atoms with E-state index in [-0.39, 0.29) is 17.1 Å². The summed E-state index contributed by atoms with van der Waals surface area (Å²) in [6.45, 7) is 0.718. The maximum atomic E-state index is 13.2. The lowest BCUT2D eigenvalue weighted by Crippen LogP contribution is -2.23. The fourth-order valence-corrected chi connectivity index (χ4v) is 2.16. The van der Waals surface area contributed by atoms with E-state index in [2.05, 4.69) is 16.0 Å². The van der Waals surface area contributed by atoms with E-state index in [9.17, 15) is 27.2 Å². The Hall–Kier alpha value is -3.10. The zero-order chi connectivity index (χ0) is 19.3. The highest BCUT2D eigenvalue weighted by molar-refractivity contribution is 5.94. The molecule has 0 aliphatic rings. The van der Waals surface area contributed by atoms with Crippen molar-refractivity contribution in [3.8, 4) is 0 Å². The molecule has 0 radical (unpaired) electrons. The van der Waals surface area contributed by atoms with Gasteiger partial charge in [-0.1, -0.05) is 6.07 Å². The van der Waals surface area contributed by atoms with Crippen LogP contribution < -0.4 is 16.0 Å². The SMILES string of the molecule is CC(=O)Nc1ccc(NCC(=O)Nc2cccc(F)c2)c(C(F)(F)F)c1. The Balaban J connectivity index is 2.10. The summed E-state index contributed by atoms with van der Waals surface area (Å²) in [5, 5.41) is 7.03. The van der Waals surface area contributed by atoms with E-state index >= 15 is 0 Å². The Kier molecular flexibility index (Phi) is 5.81. The minimum Gasteiger partial charge on any atom is -0.376 e. The molecule has 2 aromatic carbocycles. The number of alkyl halides is 3. The molecule has 9 heteroatoms. The molecule has 0 aliphatic carbocycles. The lowest BCUT2D eigenvalue weighted by Gasteiger charge is -2.16. The number of rotatable bonds is 5. The van der Waals surface area contributed by atoms with Gasteiger partial charge in [0, 0.05) is 24.0 Å². The van der Waals surface area contributed by atoms with Crippen molar-refractivity contribution in [3.63, 3.8) is 0 Å². The van der Waals surface area contributed by atoms with E-state index in [1.807, 2.05) is 0 Å². The molecule has 138 valence electrons. The Morgan fingerprint density at radius 3 is 2.31 bits per heavy atom. The predicted octanol–water partition coefficient (Wildman–Crippen LogP) is 3.85. The molecule has 0 aromatic heterocycles. The van der Waals surface area contributed by atoms with Crippen molar-refractivity contribution >= 4 is 28.9 Å². The van der Waals surface area contributed by atoms with Crippen molar-refractivity contribution in [2.24, 2.45) is 0 Å². The van der Waals surface area contributed by atoms with Crippen molar-refractivity contribution in [3.05, 3.63) is 53.8 Å². The number of anilines is 3. The number of hydrogen-bond donors (Lipinski definition) is 3. The second kappa shape index (κ2) is 7.85. The third kappa shape index (κ3) is 5.47. The minimum absolute atomic E-state index is 0.0143. The van der Waals surface area contributed by atoms with Gasteiger partial charge in [0.1, 0.15) is 5.82 Å². The zero-order valence-corrected chi connectivity index (χ0v) is 13.6. The highest BCUT2D eigenvalue weighted by Crippen LogP contribution is 2.36. The first-order valence-corrected chi connectivity index (χ1v) is 7.43. The standard InChI is InChI=1S/C17H15F4N3O2/c1-10(25)23-13-5-6-15(14(8-13)17(19,20)21)22-9-16(26)24-12-4-2-3-11(18)7-12/h2-8,22H,9H2,1H3,(H,23,25)(H,24,26). The van der Waals surface area contributed by atoms with Crippen LogP contribution in [0.15, 0.2) is 42.5 Å². The fraction of sp³-hybridized carbons (Fsp3) is 0.176. The van der Waals surface area contributed by atoms with Crippen molar-refractivity contribution < 1.29 is 27.2 Å². The fourth-order valence-electron chi connectivity index (χ4n) is 2.16. The molecule has 0 heterocycles. The largest absolute Gasteiger partial charge is 0.418 e. The van der Waals surface area contributed by atoms with Gasteiger partial charge in [-0.2, -0.15) is 13.2 Å². The van der Waals surface area contributed by atoms with Gasteiger partial charge in [0.2, 0.25) is 11.8 Å². The van der Waals surface area contributed by atoms with Gasteiger partial charge in [-0.3, -0.25) is 9.59 Å². The first-order valence-electron chi connectivity index (χ1n) is 7.43. The topological polar surface area (TPSA) is 70.2 Å². The van der Waals surface area contributed by atoms with E-state index < -0.39 is 35.9 Å². The minimum atomic E-state index is -4.68. The molecule has 0 aliphatic heterocycles. The van der Waals surface area contributed by atoms with Crippen LogP contribution in [0.25, 0.3) is 0 Å². The van der Waals surface area contributed by atoms with Crippen molar-refractivity contribution in [1.82, 2.24) is 0 Å². The molecule has 0 fully saturated rings. The van der Waals surface area contributed by atoms with Crippen LogP contribution in [0.5, 0.6) is 0 Å². The van der Waals surface area contributed by atoms with Gasteiger partial charge < -0.3 is 16.0 Å². The molecule has 0 unspecified atom stereocenters. The zero-order valence-electron chi connectivity index (χ0n) is 13.6. The highest BCUT2D eigenvalue weighted by atomic mass is 19.4. The Morgan fingerprint density at radius 1 is 1.00 bits per heavy atom. The lowest BCUT2D eigenvalue weighted by atomic mass is 10.1. The molecule has 2 aromatic rings. The summed E-state index contributed by atoms with van der Waals surface area (Å²) in [6.07, 6.45) is -4.68. The molecular weight excluding hydrogens is 354 g/mol. The number of amides is 2. The van der Waals surface area contributed by atoms with Crippen LogP contribution in [0, 0.1) is 5.82 Å². The molecule has 2 rings (SSSR count). The average molecular weight is 369 g/mol. The Bertz CT molecular complexity index is 822. The molecular formula is C17H15F4N3O2. The summed E-state index contributed by atoms with van der Waals surface area (Å²) < 4.78 is 52.6. The molecule has 3 N–H and O–H groups in total. The van der Waals surface area contributed by atoms with Crippen molar-refractivity contribution in [1.29, 1.82) is 0 Å². The molecule has 0 saturated carbocycles. The van der Waals surface area contributed by atoms with Gasteiger partial charge in [0.15, 0.2) is 0 Å². The third-order valence-corrected chi connectivity index (χ3v) is 3.19. The smallest absolute Gasteiger partial charge is 0.376 e. The Morgan fingerprint density at radius 2 is 1.69 bits per heavy atom. The van der Waals surface area contributed by atoms with E-state index in [0.717, 1.165) is 18.2 Å². The van der Waals surface area contributed by atoms with Gasteiger partial charge >= 0.3 is 6.18 Å². The summed E-state index contributed by atoms with van der Waals surface area (Å²) in [6, 6.07) is 8.29. The Labute approximate surface area is 146 Å². The quantitative estimate of drug-likeness (QED) is 0.701. The number of nitrogens with one attached hydrogen (secondary N) is 3. The number of benzene rings is 2. The number of hydrogen-bond acceptors (Lipinski definition) is 3. The third-order valence-electron chi connectivity index (χ3n) is 3.19. The second-order valence-electron chi connectivity index (χ2n) is 5.35. The van der Waals surface area contributed by atoms with E-state index in [1.54, 1.807) is 0 Å². The summed E-state index contributed by atoms with van der Waals surface area (Å²) in [4.78, 5) is 22.8. The van der Waals surface area contributed by atoms with E-state index in [0.29, 0.717) is 0 Å². The molecule has 5 nitrogen and oxygen atoms in total. The van der Waals surface area contributed by atoms with Crippen LogP contribution in [0.4, 0.5) is 34.6 Å². The molecule has 0 saturated heterocycles. The number of carbonyl (C=O) groups is 2. The summed E-state index contributed by atoms with van der Waals surface area (Å²) in [5.41, 5.74) is -1.17. The molecule has 0 bridgehead atoms. The summed E-state index contributed by atoms with van der Waals surface area (Å²) in [7, 11) is 0. The first-order chi connectivity index (χ1) is 12.1. The van der Waals surface area contributed by atoms with Crippen LogP contribution in [0.2, 0.25) is 0 Å².